The van der Waals surface area contributed by atoms with Crippen LogP contribution in [0.3, 0.4) is 0 Å². The molecule has 0 unspecified atom stereocenters. The number of nitrogens with one attached hydrogen (secondary N) is 1. The molecule has 0 aliphatic rings. The third-order valence-electron chi connectivity index (χ3n) is 5.97. The lowest BCUT2D eigenvalue weighted by Gasteiger charge is -2.12. The van der Waals surface area contributed by atoms with Crippen molar-refractivity contribution in [3.05, 3.63) is 84.8 Å². The highest BCUT2D eigenvalue weighted by Gasteiger charge is 2.23. The number of carbonyl (C=O) groups excluding carboxylic acids is 1. The Hall–Kier alpha value is -5.12. The molecule has 0 aliphatic carbocycles. The van der Waals surface area contributed by atoms with E-state index in [4.69, 9.17) is 10.5 Å². The predicted molar refractivity (Wildman–Crippen MR) is 144 cm³/mol. The van der Waals surface area contributed by atoms with Crippen molar-refractivity contribution >= 4 is 28.4 Å². The Labute approximate surface area is 217 Å². The van der Waals surface area contributed by atoms with Gasteiger partial charge in [-0.3, -0.25) is 9.78 Å². The first-order valence-corrected chi connectivity index (χ1v) is 11.7. The molecule has 0 spiro atoms. The Morgan fingerprint density at radius 1 is 1.11 bits per heavy atom. The highest BCUT2D eigenvalue weighted by molar-refractivity contribution is 6.08. The normalized spacial score (nSPS) is 10.9. The van der Waals surface area contributed by atoms with Crippen LogP contribution in [0.5, 0.6) is 11.6 Å². The van der Waals surface area contributed by atoms with Crippen molar-refractivity contribution in [2.45, 2.75) is 13.8 Å². The van der Waals surface area contributed by atoms with Crippen LogP contribution >= 0.6 is 0 Å². The van der Waals surface area contributed by atoms with Crippen LogP contribution in [0.2, 0.25) is 0 Å². The van der Waals surface area contributed by atoms with Crippen molar-refractivity contribution in [1.29, 1.82) is 0 Å². The quantitative estimate of drug-likeness (QED) is 0.293. The molecule has 1 amide bonds. The fraction of sp³-hybridized carbons (Fsp3) is 0.107. The number of rotatable bonds is 6. The summed E-state index contributed by atoms with van der Waals surface area (Å²) < 4.78 is 22.8. The van der Waals surface area contributed by atoms with Gasteiger partial charge in [-0.1, -0.05) is 24.8 Å². The Balaban J connectivity index is 1.61. The fourth-order valence-electron chi connectivity index (χ4n) is 4.19. The van der Waals surface area contributed by atoms with Crippen molar-refractivity contribution in [2.24, 2.45) is 7.05 Å². The zero-order valence-electron chi connectivity index (χ0n) is 21.0. The third-order valence-corrected chi connectivity index (χ3v) is 5.97. The molecule has 9 nitrogen and oxygen atoms in total. The first-order valence-electron chi connectivity index (χ1n) is 11.7. The molecule has 0 atom stereocenters. The number of anilines is 2. The van der Waals surface area contributed by atoms with Crippen molar-refractivity contribution in [3.8, 4) is 34.0 Å². The number of benzene rings is 2. The minimum Gasteiger partial charge on any atom is -0.434 e. The monoisotopic (exact) mass is 509 g/mol. The number of hydrogen-bond donors (Lipinski definition) is 2. The molecule has 0 aliphatic heterocycles. The molecule has 3 heterocycles. The summed E-state index contributed by atoms with van der Waals surface area (Å²) in [6, 6.07) is 11.9. The van der Waals surface area contributed by atoms with Crippen LogP contribution in [0.1, 0.15) is 12.6 Å². The summed E-state index contributed by atoms with van der Waals surface area (Å²) in [5.41, 5.74) is 11.4. The van der Waals surface area contributed by atoms with Gasteiger partial charge in [0.05, 0.1) is 23.0 Å². The Morgan fingerprint density at radius 3 is 2.53 bits per heavy atom. The number of ether oxygens (including phenoxy) is 1. The Kier molecular flexibility index (Phi) is 6.29. The topological polar surface area (TPSA) is 121 Å². The SMILES string of the molecule is C=C(C)C(=O)Nc1ccc(-c2c(-c3ccc(Oc4cncc(C)n4)c(F)c3)c3c(N)ncnc3n2C)cc1. The number of carbonyl (C=O) groups is 1. The molecule has 5 aromatic rings. The van der Waals surface area contributed by atoms with Crippen molar-refractivity contribution in [3.63, 3.8) is 0 Å². The maximum atomic E-state index is 15.3. The molecule has 190 valence electrons. The van der Waals surface area contributed by atoms with Gasteiger partial charge >= 0.3 is 0 Å². The fourth-order valence-corrected chi connectivity index (χ4v) is 4.19. The standard InChI is InChI=1S/C28H24FN7O2/c1-15(2)28(37)35-19-8-5-17(6-9-19)25-23(24-26(30)32-14-33-27(24)36(25)4)18-7-10-21(20(29)11-18)38-22-13-31-12-16(3)34-22/h5-14H,1H2,2-4H3,(H,35,37)(H2,30,32,33). The van der Waals surface area contributed by atoms with Gasteiger partial charge < -0.3 is 20.4 Å². The maximum Gasteiger partial charge on any atom is 0.250 e. The number of fused-ring (bicyclic) bond motifs is 1. The van der Waals surface area contributed by atoms with Crippen LogP contribution < -0.4 is 15.8 Å². The van der Waals surface area contributed by atoms with Gasteiger partial charge in [-0.2, -0.15) is 0 Å². The van der Waals surface area contributed by atoms with Crippen LogP contribution in [0.25, 0.3) is 33.4 Å². The Morgan fingerprint density at radius 2 is 1.84 bits per heavy atom. The molecule has 38 heavy (non-hydrogen) atoms. The van der Waals surface area contributed by atoms with Crippen molar-refractivity contribution < 1.29 is 13.9 Å². The summed E-state index contributed by atoms with van der Waals surface area (Å²) in [5.74, 6) is -0.369. The second-order valence-corrected chi connectivity index (χ2v) is 8.80. The number of halogens is 1. The molecule has 5 rings (SSSR count). The van der Waals surface area contributed by atoms with Gasteiger partial charge in [0.25, 0.3) is 5.91 Å². The van der Waals surface area contributed by atoms with E-state index in [1.807, 2.05) is 23.7 Å². The van der Waals surface area contributed by atoms with Gasteiger partial charge in [-0.15, -0.1) is 0 Å². The first kappa shape index (κ1) is 24.6. The second-order valence-electron chi connectivity index (χ2n) is 8.80. The van der Waals surface area contributed by atoms with Gasteiger partial charge in [0, 0.05) is 30.1 Å². The lowest BCUT2D eigenvalue weighted by molar-refractivity contribution is -0.112. The van der Waals surface area contributed by atoms with Gasteiger partial charge in [0.1, 0.15) is 17.8 Å². The molecule has 3 aromatic heterocycles. The summed E-state index contributed by atoms with van der Waals surface area (Å²) in [6.45, 7) is 7.07. The van der Waals surface area contributed by atoms with E-state index < -0.39 is 5.82 Å². The predicted octanol–water partition coefficient (Wildman–Crippen LogP) is 5.43. The van der Waals surface area contributed by atoms with E-state index in [1.165, 1.54) is 24.7 Å². The second kappa shape index (κ2) is 9.74. The number of nitrogens with zero attached hydrogens (tertiary/aromatic N) is 5. The molecular weight excluding hydrogens is 485 g/mol. The van der Waals surface area contributed by atoms with Crippen LogP contribution in [-0.4, -0.2) is 30.4 Å². The zero-order valence-corrected chi connectivity index (χ0v) is 21.0. The highest BCUT2D eigenvalue weighted by Crippen LogP contribution is 2.42. The summed E-state index contributed by atoms with van der Waals surface area (Å²) in [5, 5.41) is 3.39. The number of nitrogens with two attached hydrogens (primary N) is 1. The average Bonchev–Trinajstić information content (AvgIpc) is 3.19. The van der Waals surface area contributed by atoms with E-state index in [9.17, 15) is 4.79 Å². The van der Waals surface area contributed by atoms with Crippen LogP contribution in [0, 0.1) is 12.7 Å². The summed E-state index contributed by atoms with van der Waals surface area (Å²) in [6.07, 6.45) is 4.40. The molecule has 10 heteroatoms. The lowest BCUT2D eigenvalue weighted by atomic mass is 9.98. The van der Waals surface area contributed by atoms with Gasteiger partial charge in [0.2, 0.25) is 5.88 Å². The van der Waals surface area contributed by atoms with E-state index >= 15 is 4.39 Å². The van der Waals surface area contributed by atoms with E-state index in [0.717, 1.165) is 11.3 Å². The van der Waals surface area contributed by atoms with Gasteiger partial charge in [0.15, 0.2) is 11.6 Å². The van der Waals surface area contributed by atoms with Crippen molar-refractivity contribution in [1.82, 2.24) is 24.5 Å². The number of aryl methyl sites for hydroxylation is 2. The number of aromatic nitrogens is 5. The molecule has 3 N–H and O–H groups in total. The highest BCUT2D eigenvalue weighted by atomic mass is 19.1. The summed E-state index contributed by atoms with van der Waals surface area (Å²) in [4.78, 5) is 28.9. The lowest BCUT2D eigenvalue weighted by Crippen LogP contribution is -2.11. The summed E-state index contributed by atoms with van der Waals surface area (Å²) >= 11 is 0. The molecule has 0 saturated carbocycles. The number of hydrogen-bond acceptors (Lipinski definition) is 7. The van der Waals surface area contributed by atoms with E-state index in [-0.39, 0.29) is 23.4 Å². The molecule has 0 radical (unpaired) electrons. The van der Waals surface area contributed by atoms with E-state index in [1.54, 1.807) is 38.2 Å². The van der Waals surface area contributed by atoms with E-state index in [0.29, 0.717) is 39.1 Å². The molecule has 0 saturated heterocycles. The molecule has 0 fully saturated rings. The minimum absolute atomic E-state index is 0.0114. The Bertz CT molecular complexity index is 1710. The zero-order chi connectivity index (χ0) is 27.0. The third kappa shape index (κ3) is 4.55. The van der Waals surface area contributed by atoms with Gasteiger partial charge in [-0.25, -0.2) is 19.3 Å². The first-order chi connectivity index (χ1) is 18.2. The summed E-state index contributed by atoms with van der Waals surface area (Å²) in [7, 11) is 1.86. The molecule has 0 bridgehead atoms. The molecular formula is C28H24FN7O2. The largest absolute Gasteiger partial charge is 0.434 e. The minimum atomic E-state index is -0.581. The van der Waals surface area contributed by atoms with Crippen LogP contribution in [-0.2, 0) is 11.8 Å². The smallest absolute Gasteiger partial charge is 0.250 e. The maximum absolute atomic E-state index is 15.3. The van der Waals surface area contributed by atoms with Crippen LogP contribution in [0.15, 0.2) is 73.3 Å². The number of nitrogen functional groups attached to an aromatic ring is 1. The van der Waals surface area contributed by atoms with Gasteiger partial charge in [-0.05, 0) is 49.2 Å². The number of amides is 1. The average molecular weight is 510 g/mol. The van der Waals surface area contributed by atoms with E-state index in [2.05, 4.69) is 31.8 Å². The van der Waals surface area contributed by atoms with Crippen LogP contribution in [0.4, 0.5) is 15.9 Å². The molecule has 2 aromatic carbocycles. The van der Waals surface area contributed by atoms with Crippen molar-refractivity contribution in [2.75, 3.05) is 11.1 Å².